The molecule has 0 radical (unpaired) electrons. The highest BCUT2D eigenvalue weighted by Gasteiger charge is 2.50. The minimum atomic E-state index is -0.123. The van der Waals surface area contributed by atoms with Crippen LogP contribution >= 0.6 is 0 Å². The van der Waals surface area contributed by atoms with Crippen LogP contribution in [0.25, 0.3) is 28.1 Å². The lowest BCUT2D eigenvalue weighted by Crippen LogP contribution is -2.49. The minimum absolute atomic E-state index is 0.123. The Morgan fingerprint density at radius 3 is 2.62 bits per heavy atom. The molecule has 4 bridgehead atoms. The quantitative estimate of drug-likeness (QED) is 0.394. The van der Waals surface area contributed by atoms with Crippen molar-refractivity contribution in [3.05, 3.63) is 59.0 Å². The van der Waals surface area contributed by atoms with Gasteiger partial charge in [-0.2, -0.15) is 0 Å². The van der Waals surface area contributed by atoms with Gasteiger partial charge in [0.25, 0.3) is 5.56 Å². The summed E-state index contributed by atoms with van der Waals surface area (Å²) in [7, 11) is 0. The molecule has 3 N–H and O–H groups in total. The average Bonchev–Trinajstić information content (AvgIpc) is 3.47. The van der Waals surface area contributed by atoms with Crippen LogP contribution in [0, 0.1) is 30.1 Å². The van der Waals surface area contributed by atoms with Gasteiger partial charge in [0.2, 0.25) is 0 Å². The van der Waals surface area contributed by atoms with Gasteiger partial charge in [0.1, 0.15) is 11.4 Å². The molecule has 3 aromatic heterocycles. The molecule has 4 aromatic rings. The van der Waals surface area contributed by atoms with Crippen molar-refractivity contribution in [1.29, 1.82) is 0 Å². The molecule has 0 atom stereocenters. The standard InChI is InChI=1S/C27H30N6O/c1-16-6-20(33-5-4-28-15-33)10-22-24(16)32-25(31-22)23-21(2-3-29-26(23)34)30-14-27-11-17-7-18(12-27)9-19(8-17)13-27/h2-6,10,15,17-19H,7-9,11-14H2,1H3,(H,31,32)(H2,29,30,34). The molecule has 4 saturated carbocycles. The Kier molecular flexibility index (Phi) is 4.32. The van der Waals surface area contributed by atoms with E-state index in [0.29, 0.717) is 16.8 Å². The van der Waals surface area contributed by atoms with Gasteiger partial charge >= 0.3 is 0 Å². The molecule has 7 heteroatoms. The van der Waals surface area contributed by atoms with Crippen LogP contribution in [0.3, 0.4) is 0 Å². The number of hydrogen-bond donors (Lipinski definition) is 3. The molecule has 7 nitrogen and oxygen atoms in total. The topological polar surface area (TPSA) is 91.4 Å². The molecular formula is C27H30N6O. The lowest BCUT2D eigenvalue weighted by molar-refractivity contribution is -0.0444. The monoisotopic (exact) mass is 454 g/mol. The van der Waals surface area contributed by atoms with Crippen LogP contribution in [-0.4, -0.2) is 31.0 Å². The first-order valence-corrected chi connectivity index (χ1v) is 12.5. The van der Waals surface area contributed by atoms with Crippen LogP contribution in [0.4, 0.5) is 5.69 Å². The molecule has 4 aliphatic carbocycles. The van der Waals surface area contributed by atoms with Crippen LogP contribution in [0.5, 0.6) is 0 Å². The third kappa shape index (κ3) is 3.21. The van der Waals surface area contributed by atoms with E-state index in [1.54, 1.807) is 18.7 Å². The van der Waals surface area contributed by atoms with E-state index < -0.39 is 0 Å². The first-order chi connectivity index (χ1) is 16.6. The number of nitrogens with one attached hydrogen (secondary N) is 3. The van der Waals surface area contributed by atoms with Crippen LogP contribution in [-0.2, 0) is 0 Å². The zero-order chi connectivity index (χ0) is 22.9. The normalized spacial score (nSPS) is 27.5. The molecule has 0 saturated heterocycles. The third-order valence-corrected chi connectivity index (χ3v) is 8.58. The summed E-state index contributed by atoms with van der Waals surface area (Å²) < 4.78 is 1.97. The van der Waals surface area contributed by atoms with Gasteiger partial charge in [-0.3, -0.25) is 4.79 Å². The molecule has 4 fully saturated rings. The lowest BCUT2D eigenvalue weighted by Gasteiger charge is -2.57. The number of hydrogen-bond acceptors (Lipinski definition) is 4. The van der Waals surface area contributed by atoms with E-state index in [1.165, 1.54) is 38.5 Å². The van der Waals surface area contributed by atoms with Crippen molar-refractivity contribution >= 4 is 16.7 Å². The largest absolute Gasteiger partial charge is 0.384 e. The second-order valence-electron chi connectivity index (χ2n) is 11.1. The van der Waals surface area contributed by atoms with Gasteiger partial charge < -0.3 is 19.9 Å². The zero-order valence-corrected chi connectivity index (χ0v) is 19.5. The summed E-state index contributed by atoms with van der Waals surface area (Å²) in [6.07, 6.45) is 15.5. The number of imidazole rings is 2. The van der Waals surface area contributed by atoms with Crippen LogP contribution in [0.1, 0.15) is 44.1 Å². The van der Waals surface area contributed by atoms with Gasteiger partial charge in [-0.05, 0) is 92.4 Å². The molecule has 0 aliphatic heterocycles. The number of aromatic nitrogens is 5. The molecule has 0 spiro atoms. The highest BCUT2D eigenvalue weighted by molar-refractivity contribution is 5.86. The predicted molar refractivity (Wildman–Crippen MR) is 133 cm³/mol. The average molecular weight is 455 g/mol. The van der Waals surface area contributed by atoms with E-state index in [2.05, 4.69) is 39.3 Å². The van der Waals surface area contributed by atoms with E-state index >= 15 is 0 Å². The number of H-pyrrole nitrogens is 2. The Morgan fingerprint density at radius 2 is 1.91 bits per heavy atom. The summed E-state index contributed by atoms with van der Waals surface area (Å²) in [6.45, 7) is 2.99. The number of pyridine rings is 1. The van der Waals surface area contributed by atoms with E-state index in [-0.39, 0.29) is 5.56 Å². The summed E-state index contributed by atoms with van der Waals surface area (Å²) in [6, 6.07) is 6.13. The van der Waals surface area contributed by atoms with Crippen LogP contribution < -0.4 is 10.9 Å². The number of aryl methyl sites for hydroxylation is 1. The van der Waals surface area contributed by atoms with Gasteiger partial charge in [-0.25, -0.2) is 9.97 Å². The molecule has 34 heavy (non-hydrogen) atoms. The predicted octanol–water partition coefficient (Wildman–Crippen LogP) is 5.04. The van der Waals surface area contributed by atoms with E-state index in [0.717, 1.165) is 52.3 Å². The number of fused-ring (bicyclic) bond motifs is 1. The summed E-state index contributed by atoms with van der Waals surface area (Å²) in [4.78, 5) is 28.3. The number of benzene rings is 1. The zero-order valence-electron chi connectivity index (χ0n) is 19.5. The Bertz CT molecular complexity index is 1390. The third-order valence-electron chi connectivity index (χ3n) is 8.58. The SMILES string of the molecule is Cc1cc(-n2ccnc2)cc2[nH]c(-c3c(NCC45CC6CC(CC(C6)C4)C5)cc[nH]c3=O)nc12. The Morgan fingerprint density at radius 1 is 1.15 bits per heavy atom. The molecule has 1 aromatic carbocycles. The van der Waals surface area contributed by atoms with Crippen molar-refractivity contribution in [3.63, 3.8) is 0 Å². The number of anilines is 1. The van der Waals surface area contributed by atoms with E-state index in [4.69, 9.17) is 4.98 Å². The first-order valence-electron chi connectivity index (χ1n) is 12.5. The lowest BCUT2D eigenvalue weighted by atomic mass is 9.49. The summed E-state index contributed by atoms with van der Waals surface area (Å²) in [5.41, 5.74) is 5.58. The number of aromatic amines is 2. The summed E-state index contributed by atoms with van der Waals surface area (Å²) in [5.74, 6) is 3.34. The molecule has 0 unspecified atom stereocenters. The van der Waals surface area contributed by atoms with Crippen molar-refractivity contribution in [3.8, 4) is 17.1 Å². The van der Waals surface area contributed by atoms with Crippen molar-refractivity contribution in [2.24, 2.45) is 23.2 Å². The molecular weight excluding hydrogens is 424 g/mol. The van der Waals surface area contributed by atoms with Gasteiger partial charge in [0, 0.05) is 30.8 Å². The maximum atomic E-state index is 13.0. The highest BCUT2D eigenvalue weighted by atomic mass is 16.1. The summed E-state index contributed by atoms with van der Waals surface area (Å²) in [5, 5.41) is 3.71. The second-order valence-corrected chi connectivity index (χ2v) is 11.1. The molecule has 0 amide bonds. The Labute approximate surface area is 198 Å². The Hall–Kier alpha value is -3.35. The smallest absolute Gasteiger partial charge is 0.261 e. The minimum Gasteiger partial charge on any atom is -0.384 e. The molecule has 8 rings (SSSR count). The van der Waals surface area contributed by atoms with Crippen molar-refractivity contribution in [1.82, 2.24) is 24.5 Å². The Balaban J connectivity index is 1.23. The van der Waals surface area contributed by atoms with Crippen molar-refractivity contribution in [2.45, 2.75) is 45.4 Å². The maximum absolute atomic E-state index is 13.0. The van der Waals surface area contributed by atoms with Crippen LogP contribution in [0.15, 0.2) is 47.9 Å². The second kappa shape index (κ2) is 7.32. The van der Waals surface area contributed by atoms with E-state index in [9.17, 15) is 4.79 Å². The molecule has 4 aliphatic rings. The first kappa shape index (κ1) is 20.1. The number of nitrogens with zero attached hydrogens (tertiary/aromatic N) is 3. The van der Waals surface area contributed by atoms with Crippen molar-refractivity contribution < 1.29 is 0 Å². The fraction of sp³-hybridized carbons (Fsp3) is 0.444. The van der Waals surface area contributed by atoms with Gasteiger partial charge in [-0.1, -0.05) is 0 Å². The summed E-state index contributed by atoms with van der Waals surface area (Å²) >= 11 is 0. The fourth-order valence-electron chi connectivity index (χ4n) is 7.60. The number of rotatable bonds is 5. The fourth-order valence-corrected chi connectivity index (χ4v) is 7.60. The maximum Gasteiger partial charge on any atom is 0.261 e. The van der Waals surface area contributed by atoms with Gasteiger partial charge in [-0.15, -0.1) is 0 Å². The van der Waals surface area contributed by atoms with Gasteiger partial charge in [0.05, 0.1) is 23.0 Å². The highest BCUT2D eigenvalue weighted by Crippen LogP contribution is 2.60. The molecule has 174 valence electrons. The van der Waals surface area contributed by atoms with Crippen molar-refractivity contribution in [2.75, 3.05) is 11.9 Å². The molecule has 3 heterocycles. The van der Waals surface area contributed by atoms with Gasteiger partial charge in [0.15, 0.2) is 0 Å². The van der Waals surface area contributed by atoms with Crippen LogP contribution in [0.2, 0.25) is 0 Å². The van der Waals surface area contributed by atoms with E-state index in [1.807, 2.05) is 16.8 Å².